The Kier molecular flexibility index (Phi) is 3.50. The molecule has 1 fully saturated rings. The minimum atomic E-state index is -0.825. The number of hydrogen-bond acceptors (Lipinski definition) is 5. The molecule has 1 atom stereocenters. The Labute approximate surface area is 125 Å². The Hall–Kier alpha value is -2.15. The highest BCUT2D eigenvalue weighted by atomic mass is 32.1. The number of hydrogen-bond donors (Lipinski definition) is 1. The molecule has 0 aromatic carbocycles. The number of carboxylic acids is 1. The van der Waals surface area contributed by atoms with Gasteiger partial charge in [-0.3, -0.25) is 9.59 Å². The second kappa shape index (κ2) is 5.33. The van der Waals surface area contributed by atoms with Gasteiger partial charge in [-0.05, 0) is 11.4 Å². The molecule has 0 spiro atoms. The molecule has 7 heteroatoms. The van der Waals surface area contributed by atoms with Crippen LogP contribution in [0.1, 0.15) is 17.4 Å². The first kappa shape index (κ1) is 13.8. The lowest BCUT2D eigenvalue weighted by Crippen LogP contribution is -2.53. The number of carbonyl (C=O) groups is 2. The lowest BCUT2D eigenvalue weighted by atomic mass is 9.87. The van der Waals surface area contributed by atoms with E-state index in [1.54, 1.807) is 17.9 Å². The average molecular weight is 306 g/mol. The zero-order chi connectivity index (χ0) is 15.0. The van der Waals surface area contributed by atoms with E-state index in [4.69, 9.17) is 9.63 Å². The summed E-state index contributed by atoms with van der Waals surface area (Å²) in [6.45, 7) is 2.57. The highest BCUT2D eigenvalue weighted by Gasteiger charge is 2.38. The first-order chi connectivity index (χ1) is 10.1. The molecule has 3 rings (SSSR count). The van der Waals surface area contributed by atoms with E-state index in [1.165, 1.54) is 11.3 Å². The van der Waals surface area contributed by atoms with Crippen molar-refractivity contribution in [3.8, 4) is 10.6 Å². The van der Waals surface area contributed by atoms with Crippen molar-refractivity contribution in [2.75, 3.05) is 13.1 Å². The number of aliphatic carboxylic acids is 1. The van der Waals surface area contributed by atoms with E-state index in [0.29, 0.717) is 18.8 Å². The van der Waals surface area contributed by atoms with Crippen molar-refractivity contribution in [1.82, 2.24) is 10.1 Å². The maximum absolute atomic E-state index is 12.2. The molecule has 2 aromatic rings. The number of rotatable bonds is 4. The highest BCUT2D eigenvalue weighted by Crippen LogP contribution is 2.28. The van der Waals surface area contributed by atoms with E-state index >= 15 is 0 Å². The first-order valence-corrected chi connectivity index (χ1v) is 7.47. The average Bonchev–Trinajstić information content (AvgIpc) is 3.07. The van der Waals surface area contributed by atoms with Gasteiger partial charge in [0.15, 0.2) is 11.5 Å². The maximum Gasteiger partial charge on any atom is 0.306 e. The summed E-state index contributed by atoms with van der Waals surface area (Å²) in [5, 5.41) is 14.7. The molecule has 110 valence electrons. The Morgan fingerprint density at radius 2 is 2.29 bits per heavy atom. The van der Waals surface area contributed by atoms with Gasteiger partial charge < -0.3 is 14.5 Å². The SMILES string of the molecule is CC(C(=O)O)C1CN(C(=O)c2cc(-c3cccs3)on2)C1. The summed E-state index contributed by atoms with van der Waals surface area (Å²) in [6, 6.07) is 5.42. The van der Waals surface area contributed by atoms with Crippen LogP contribution in [0.15, 0.2) is 28.1 Å². The number of amides is 1. The molecule has 0 aliphatic carbocycles. The van der Waals surface area contributed by atoms with E-state index in [9.17, 15) is 9.59 Å². The molecular formula is C14H14N2O4S. The van der Waals surface area contributed by atoms with Gasteiger partial charge in [-0.25, -0.2) is 0 Å². The second-order valence-electron chi connectivity index (χ2n) is 5.15. The fourth-order valence-electron chi connectivity index (χ4n) is 2.27. The first-order valence-electron chi connectivity index (χ1n) is 6.59. The highest BCUT2D eigenvalue weighted by molar-refractivity contribution is 7.13. The molecule has 1 aliphatic rings. The zero-order valence-corrected chi connectivity index (χ0v) is 12.2. The molecule has 0 bridgehead atoms. The van der Waals surface area contributed by atoms with E-state index in [-0.39, 0.29) is 17.5 Å². The molecule has 0 radical (unpaired) electrons. The van der Waals surface area contributed by atoms with E-state index in [2.05, 4.69) is 5.16 Å². The summed E-state index contributed by atoms with van der Waals surface area (Å²) >= 11 is 1.51. The lowest BCUT2D eigenvalue weighted by molar-refractivity contribution is -0.144. The molecule has 21 heavy (non-hydrogen) atoms. The fourth-order valence-corrected chi connectivity index (χ4v) is 2.94. The lowest BCUT2D eigenvalue weighted by Gasteiger charge is -2.40. The van der Waals surface area contributed by atoms with Gasteiger partial charge in [0.1, 0.15) is 0 Å². The standard InChI is InChI=1S/C14H14N2O4S/c1-8(14(18)19)9-6-16(7-9)13(17)10-5-11(20-15-10)12-3-2-4-21-12/h2-5,8-9H,6-7H2,1H3,(H,18,19). The topological polar surface area (TPSA) is 83.6 Å². The molecule has 1 amide bonds. The van der Waals surface area contributed by atoms with Crippen LogP contribution in [-0.4, -0.2) is 40.1 Å². The van der Waals surface area contributed by atoms with Crippen molar-refractivity contribution >= 4 is 23.2 Å². The Morgan fingerprint density at radius 3 is 2.90 bits per heavy atom. The van der Waals surface area contributed by atoms with Crippen molar-refractivity contribution in [1.29, 1.82) is 0 Å². The predicted octanol–water partition coefficient (Wildman–Crippen LogP) is 2.20. The van der Waals surface area contributed by atoms with E-state index < -0.39 is 11.9 Å². The van der Waals surface area contributed by atoms with E-state index in [1.807, 2.05) is 17.5 Å². The van der Waals surface area contributed by atoms with Gasteiger partial charge in [0, 0.05) is 25.1 Å². The van der Waals surface area contributed by atoms with E-state index in [0.717, 1.165) is 4.88 Å². The Balaban J connectivity index is 1.64. The third-order valence-corrected chi connectivity index (χ3v) is 4.67. The van der Waals surface area contributed by atoms with Crippen LogP contribution < -0.4 is 0 Å². The quantitative estimate of drug-likeness (QED) is 0.936. The summed E-state index contributed by atoms with van der Waals surface area (Å²) in [5.41, 5.74) is 0.264. The van der Waals surface area contributed by atoms with Crippen LogP contribution in [0.4, 0.5) is 0 Å². The predicted molar refractivity (Wildman–Crippen MR) is 76.0 cm³/mol. The molecule has 1 aliphatic heterocycles. The summed E-state index contributed by atoms with van der Waals surface area (Å²) < 4.78 is 5.18. The van der Waals surface area contributed by atoms with Gasteiger partial charge in [-0.15, -0.1) is 11.3 Å². The summed E-state index contributed by atoms with van der Waals surface area (Å²) in [7, 11) is 0. The molecule has 2 aromatic heterocycles. The van der Waals surface area contributed by atoms with Crippen molar-refractivity contribution < 1.29 is 19.2 Å². The number of likely N-dealkylation sites (tertiary alicyclic amines) is 1. The van der Waals surface area contributed by atoms with Gasteiger partial charge in [-0.1, -0.05) is 18.1 Å². The number of carbonyl (C=O) groups excluding carboxylic acids is 1. The minimum absolute atomic E-state index is 0.00937. The van der Waals surface area contributed by atoms with Gasteiger partial charge in [0.25, 0.3) is 5.91 Å². The fraction of sp³-hybridized carbons (Fsp3) is 0.357. The van der Waals surface area contributed by atoms with Crippen molar-refractivity contribution in [3.05, 3.63) is 29.3 Å². The smallest absolute Gasteiger partial charge is 0.306 e. The summed E-state index contributed by atoms with van der Waals surface area (Å²) in [5.74, 6) is -0.892. The van der Waals surface area contributed by atoms with Crippen LogP contribution in [0, 0.1) is 11.8 Å². The third-order valence-electron chi connectivity index (χ3n) is 3.79. The number of aromatic nitrogens is 1. The monoisotopic (exact) mass is 306 g/mol. The second-order valence-corrected chi connectivity index (χ2v) is 6.10. The molecule has 1 saturated heterocycles. The van der Waals surface area contributed by atoms with Crippen molar-refractivity contribution in [3.63, 3.8) is 0 Å². The molecule has 6 nitrogen and oxygen atoms in total. The summed E-state index contributed by atoms with van der Waals surface area (Å²) in [4.78, 5) is 25.6. The number of thiophene rings is 1. The van der Waals surface area contributed by atoms with Crippen molar-refractivity contribution in [2.45, 2.75) is 6.92 Å². The minimum Gasteiger partial charge on any atom is -0.481 e. The largest absolute Gasteiger partial charge is 0.481 e. The number of nitrogens with zero attached hydrogens (tertiary/aromatic N) is 2. The molecular weight excluding hydrogens is 292 g/mol. The van der Waals surface area contributed by atoms with Crippen LogP contribution in [0.2, 0.25) is 0 Å². The van der Waals surface area contributed by atoms with Crippen LogP contribution >= 0.6 is 11.3 Å². The van der Waals surface area contributed by atoms with Crippen LogP contribution in [0.5, 0.6) is 0 Å². The van der Waals surface area contributed by atoms with Crippen LogP contribution in [0.3, 0.4) is 0 Å². The normalized spacial score (nSPS) is 16.5. The maximum atomic E-state index is 12.2. The van der Waals surface area contributed by atoms with Crippen LogP contribution in [0.25, 0.3) is 10.6 Å². The molecule has 0 saturated carbocycles. The summed E-state index contributed by atoms with van der Waals surface area (Å²) in [6.07, 6.45) is 0. The van der Waals surface area contributed by atoms with Gasteiger partial charge in [0.05, 0.1) is 10.8 Å². The molecule has 1 N–H and O–H groups in total. The van der Waals surface area contributed by atoms with Crippen molar-refractivity contribution in [2.24, 2.45) is 11.8 Å². The Bertz CT molecular complexity index is 658. The number of carboxylic acid groups (broad SMARTS) is 1. The third kappa shape index (κ3) is 2.56. The Morgan fingerprint density at radius 1 is 1.52 bits per heavy atom. The zero-order valence-electron chi connectivity index (χ0n) is 11.4. The van der Waals surface area contributed by atoms with Gasteiger partial charge >= 0.3 is 5.97 Å². The van der Waals surface area contributed by atoms with Crippen LogP contribution in [-0.2, 0) is 4.79 Å². The van der Waals surface area contributed by atoms with Gasteiger partial charge in [0.2, 0.25) is 0 Å². The molecule has 1 unspecified atom stereocenters. The molecule has 3 heterocycles. The van der Waals surface area contributed by atoms with Gasteiger partial charge in [-0.2, -0.15) is 0 Å².